The molecule has 5 heteroatoms. The fraction of sp³-hybridized carbons (Fsp3) is 0.800. The molecule has 3 nitrogen and oxygen atoms in total. The highest BCUT2D eigenvalue weighted by Crippen LogP contribution is 2.37. The Bertz CT molecular complexity index is 421. The van der Waals surface area contributed by atoms with Crippen molar-refractivity contribution in [3.05, 3.63) is 18.0 Å². The fourth-order valence-electron chi connectivity index (χ4n) is 2.32. The van der Waals surface area contributed by atoms with Crippen LogP contribution in [0.2, 0.25) is 0 Å². The SMILES string of the molecule is CCC(C)n1ccc(CC(N)C2CSC(C)C(C)S2)n1. The normalized spacial score (nSPS) is 30.1. The van der Waals surface area contributed by atoms with Gasteiger partial charge in [-0.25, -0.2) is 0 Å². The Balaban J connectivity index is 1.91. The summed E-state index contributed by atoms with van der Waals surface area (Å²) in [6.07, 6.45) is 4.09. The number of aromatic nitrogens is 2. The number of hydrogen-bond donors (Lipinski definition) is 1. The van der Waals surface area contributed by atoms with Gasteiger partial charge in [0.1, 0.15) is 0 Å². The lowest BCUT2D eigenvalue weighted by atomic mass is 10.1. The van der Waals surface area contributed by atoms with Crippen molar-refractivity contribution in [1.29, 1.82) is 0 Å². The topological polar surface area (TPSA) is 43.8 Å². The van der Waals surface area contributed by atoms with Crippen molar-refractivity contribution in [3.63, 3.8) is 0 Å². The number of nitrogens with two attached hydrogens (primary N) is 1. The van der Waals surface area contributed by atoms with E-state index < -0.39 is 0 Å². The van der Waals surface area contributed by atoms with Crippen LogP contribution in [-0.4, -0.2) is 37.3 Å². The molecule has 5 atom stereocenters. The third kappa shape index (κ3) is 3.95. The van der Waals surface area contributed by atoms with Crippen LogP contribution in [0.1, 0.15) is 45.9 Å². The van der Waals surface area contributed by atoms with Crippen molar-refractivity contribution in [2.45, 2.75) is 68.4 Å². The van der Waals surface area contributed by atoms with Gasteiger partial charge in [0.25, 0.3) is 0 Å². The molecule has 0 aromatic carbocycles. The predicted octanol–water partition coefficient (Wildman–Crippen LogP) is 3.35. The summed E-state index contributed by atoms with van der Waals surface area (Å²) in [6, 6.07) is 2.81. The zero-order valence-corrected chi connectivity index (χ0v) is 14.6. The first kappa shape index (κ1) is 16.2. The molecular weight excluding hydrogens is 286 g/mol. The highest BCUT2D eigenvalue weighted by atomic mass is 32.2. The Morgan fingerprint density at radius 3 is 2.85 bits per heavy atom. The molecule has 1 saturated heterocycles. The van der Waals surface area contributed by atoms with Crippen LogP contribution in [0.25, 0.3) is 0 Å². The first-order chi connectivity index (χ1) is 9.51. The molecule has 1 aromatic heterocycles. The average Bonchev–Trinajstić information content (AvgIpc) is 2.89. The van der Waals surface area contributed by atoms with Crippen molar-refractivity contribution in [2.75, 3.05) is 5.75 Å². The third-order valence-corrected chi connectivity index (χ3v) is 7.77. The summed E-state index contributed by atoms with van der Waals surface area (Å²) in [6.45, 7) is 9.03. The molecule has 0 amide bonds. The van der Waals surface area contributed by atoms with E-state index in [1.807, 2.05) is 0 Å². The first-order valence-corrected chi connectivity index (χ1v) is 9.57. The van der Waals surface area contributed by atoms with Crippen LogP contribution in [0.15, 0.2) is 12.3 Å². The van der Waals surface area contributed by atoms with Gasteiger partial charge >= 0.3 is 0 Å². The molecule has 2 rings (SSSR count). The van der Waals surface area contributed by atoms with Gasteiger partial charge in [0.05, 0.1) is 5.69 Å². The second-order valence-electron chi connectivity index (χ2n) is 5.83. The molecule has 0 aliphatic carbocycles. The first-order valence-electron chi connectivity index (χ1n) is 7.58. The molecule has 5 unspecified atom stereocenters. The maximum absolute atomic E-state index is 6.42. The molecule has 2 N–H and O–H groups in total. The van der Waals surface area contributed by atoms with E-state index in [0.717, 1.165) is 23.8 Å². The lowest BCUT2D eigenvalue weighted by Gasteiger charge is -2.34. The third-order valence-electron chi connectivity index (χ3n) is 4.20. The molecule has 0 spiro atoms. The van der Waals surface area contributed by atoms with Crippen LogP contribution in [0.4, 0.5) is 0 Å². The quantitative estimate of drug-likeness (QED) is 0.905. The van der Waals surface area contributed by atoms with Gasteiger partial charge in [0, 0.05) is 46.2 Å². The van der Waals surface area contributed by atoms with Gasteiger partial charge in [-0.2, -0.15) is 28.6 Å². The maximum Gasteiger partial charge on any atom is 0.0640 e. The van der Waals surface area contributed by atoms with Gasteiger partial charge in [-0.15, -0.1) is 0 Å². The Kier molecular flexibility index (Phi) is 5.87. The van der Waals surface area contributed by atoms with E-state index in [1.165, 1.54) is 5.75 Å². The van der Waals surface area contributed by atoms with E-state index in [9.17, 15) is 0 Å². The number of hydrogen-bond acceptors (Lipinski definition) is 4. The summed E-state index contributed by atoms with van der Waals surface area (Å²) in [5, 5.41) is 6.67. The van der Waals surface area contributed by atoms with Crippen molar-refractivity contribution in [2.24, 2.45) is 5.73 Å². The summed E-state index contributed by atoms with van der Waals surface area (Å²) >= 11 is 4.12. The zero-order chi connectivity index (χ0) is 14.7. The van der Waals surface area contributed by atoms with Crippen molar-refractivity contribution < 1.29 is 0 Å². The number of rotatable bonds is 5. The van der Waals surface area contributed by atoms with Gasteiger partial charge in [-0.1, -0.05) is 20.8 Å². The molecule has 0 saturated carbocycles. The highest BCUT2D eigenvalue weighted by molar-refractivity contribution is 8.07. The van der Waals surface area contributed by atoms with Crippen molar-refractivity contribution in [3.8, 4) is 0 Å². The second kappa shape index (κ2) is 7.23. The summed E-state index contributed by atoms with van der Waals surface area (Å²) in [4.78, 5) is 0. The molecule has 0 bridgehead atoms. The van der Waals surface area contributed by atoms with Gasteiger partial charge in [-0.3, -0.25) is 4.68 Å². The maximum atomic E-state index is 6.42. The van der Waals surface area contributed by atoms with E-state index in [1.54, 1.807) is 0 Å². The predicted molar refractivity (Wildman–Crippen MR) is 91.7 cm³/mol. The summed E-state index contributed by atoms with van der Waals surface area (Å²) < 4.78 is 2.06. The molecule has 1 aliphatic rings. The fourth-order valence-corrected chi connectivity index (χ4v) is 5.38. The van der Waals surface area contributed by atoms with Crippen LogP contribution < -0.4 is 5.73 Å². The number of nitrogens with zero attached hydrogens (tertiary/aromatic N) is 2. The lowest BCUT2D eigenvalue weighted by molar-refractivity contribution is 0.471. The van der Waals surface area contributed by atoms with E-state index in [-0.39, 0.29) is 6.04 Å². The minimum Gasteiger partial charge on any atom is -0.326 e. The Morgan fingerprint density at radius 2 is 2.20 bits per heavy atom. The Labute approximate surface area is 131 Å². The van der Waals surface area contributed by atoms with Gasteiger partial charge in [0.15, 0.2) is 0 Å². The monoisotopic (exact) mass is 313 g/mol. The smallest absolute Gasteiger partial charge is 0.0640 e. The summed E-state index contributed by atoms with van der Waals surface area (Å²) in [5.41, 5.74) is 7.56. The van der Waals surface area contributed by atoms with Crippen LogP contribution in [0.3, 0.4) is 0 Å². The second-order valence-corrected chi connectivity index (χ2v) is 8.86. The molecule has 2 heterocycles. The molecule has 0 radical (unpaired) electrons. The average molecular weight is 314 g/mol. The van der Waals surface area contributed by atoms with Crippen LogP contribution in [0, 0.1) is 0 Å². The van der Waals surface area contributed by atoms with Crippen LogP contribution in [0.5, 0.6) is 0 Å². The molecule has 1 fully saturated rings. The van der Waals surface area contributed by atoms with E-state index in [2.05, 4.69) is 73.3 Å². The molecule has 1 aromatic rings. The standard InChI is InChI=1S/C15H27N3S2/c1-5-10(2)18-7-6-13(17-18)8-14(16)15-9-19-11(3)12(4)20-15/h6-7,10-12,14-15H,5,8-9,16H2,1-4H3. The minimum absolute atomic E-state index is 0.211. The lowest BCUT2D eigenvalue weighted by Crippen LogP contribution is -2.41. The summed E-state index contributed by atoms with van der Waals surface area (Å²) in [7, 11) is 0. The van der Waals surface area contributed by atoms with Crippen LogP contribution in [-0.2, 0) is 6.42 Å². The molecule has 1 aliphatic heterocycles. The van der Waals surface area contributed by atoms with E-state index in [4.69, 9.17) is 5.73 Å². The highest BCUT2D eigenvalue weighted by Gasteiger charge is 2.29. The molecule has 20 heavy (non-hydrogen) atoms. The van der Waals surface area contributed by atoms with Crippen molar-refractivity contribution >= 4 is 23.5 Å². The Morgan fingerprint density at radius 1 is 1.45 bits per heavy atom. The zero-order valence-electron chi connectivity index (χ0n) is 13.0. The van der Waals surface area contributed by atoms with Gasteiger partial charge in [-0.05, 0) is 19.4 Å². The molecule has 114 valence electrons. The number of thioether (sulfide) groups is 2. The van der Waals surface area contributed by atoms with E-state index in [0.29, 0.717) is 16.5 Å². The van der Waals surface area contributed by atoms with Gasteiger partial charge in [0.2, 0.25) is 0 Å². The van der Waals surface area contributed by atoms with E-state index >= 15 is 0 Å². The van der Waals surface area contributed by atoms with Gasteiger partial charge < -0.3 is 5.73 Å². The van der Waals surface area contributed by atoms with Crippen LogP contribution >= 0.6 is 23.5 Å². The largest absolute Gasteiger partial charge is 0.326 e. The molecular formula is C15H27N3S2. The Hall–Kier alpha value is -0.130. The van der Waals surface area contributed by atoms with Crippen molar-refractivity contribution in [1.82, 2.24) is 9.78 Å². The summed E-state index contributed by atoms with van der Waals surface area (Å²) in [5.74, 6) is 1.17. The minimum atomic E-state index is 0.211.